The maximum Gasteiger partial charge on any atom is 0.289 e. The smallest absolute Gasteiger partial charge is 0.289 e. The Morgan fingerprint density at radius 2 is 2.47 bits per heavy atom. The van der Waals surface area contributed by atoms with Gasteiger partial charge in [0.25, 0.3) is 5.69 Å². The van der Waals surface area contributed by atoms with Crippen LogP contribution >= 0.6 is 11.8 Å². The molecule has 1 unspecified atom stereocenters. The molecule has 6 nitrogen and oxygen atoms in total. The number of pyridine rings is 1. The second-order valence-corrected chi connectivity index (χ2v) is 4.37. The minimum absolute atomic E-state index is 0.144. The summed E-state index contributed by atoms with van der Waals surface area (Å²) < 4.78 is 0. The first-order valence-electron chi connectivity index (χ1n) is 4.88. The summed E-state index contributed by atoms with van der Waals surface area (Å²) in [6.07, 6.45) is 3.13. The number of hydrogen-bond acceptors (Lipinski definition) is 6. The van der Waals surface area contributed by atoms with Gasteiger partial charge in [0.05, 0.1) is 4.92 Å². The molecule has 1 aromatic heterocycles. The molecule has 90 valence electrons. The molecule has 0 aromatic carbocycles. The van der Waals surface area contributed by atoms with Crippen molar-refractivity contribution in [3.8, 4) is 6.07 Å². The van der Waals surface area contributed by atoms with Crippen molar-refractivity contribution < 1.29 is 4.92 Å². The Hall–Kier alpha value is -1.81. The lowest BCUT2D eigenvalue weighted by molar-refractivity contribution is -0.385. The van der Waals surface area contributed by atoms with Crippen molar-refractivity contribution in [2.24, 2.45) is 0 Å². The summed E-state index contributed by atoms with van der Waals surface area (Å²) in [6.45, 7) is 1.96. The van der Waals surface area contributed by atoms with E-state index >= 15 is 0 Å². The maximum absolute atomic E-state index is 10.5. The fourth-order valence-electron chi connectivity index (χ4n) is 1.28. The van der Waals surface area contributed by atoms with Crippen molar-refractivity contribution in [1.82, 2.24) is 4.98 Å². The molecular weight excluding hydrogens is 240 g/mol. The van der Waals surface area contributed by atoms with Crippen molar-refractivity contribution in [2.45, 2.75) is 13.0 Å². The van der Waals surface area contributed by atoms with Gasteiger partial charge in [-0.2, -0.15) is 17.0 Å². The molecule has 0 saturated carbocycles. The Kier molecular flexibility index (Phi) is 4.72. The minimum Gasteiger partial charge on any atom is -0.366 e. The summed E-state index contributed by atoms with van der Waals surface area (Å²) in [6, 6.07) is 3.27. The fourth-order valence-corrected chi connectivity index (χ4v) is 1.86. The zero-order valence-electron chi connectivity index (χ0n) is 9.51. The fraction of sp³-hybridized carbons (Fsp3) is 0.400. The molecule has 1 aromatic rings. The number of thioether (sulfide) groups is 1. The van der Waals surface area contributed by atoms with Crippen molar-refractivity contribution in [1.29, 1.82) is 5.26 Å². The molecule has 0 amide bonds. The van der Waals surface area contributed by atoms with Gasteiger partial charge in [-0.1, -0.05) is 0 Å². The molecule has 0 aliphatic rings. The molecule has 1 rings (SSSR count). The standard InChI is InChI=1S/C10H12N4O2S/c1-7(6-17-2)13-10-8(4-11)3-9(5-12-10)14(15)16/h3,5,7H,6H2,1-2H3,(H,12,13). The van der Waals surface area contributed by atoms with Crippen molar-refractivity contribution in [2.75, 3.05) is 17.3 Å². The van der Waals surface area contributed by atoms with Gasteiger partial charge < -0.3 is 5.32 Å². The van der Waals surface area contributed by atoms with Gasteiger partial charge in [0, 0.05) is 17.9 Å². The summed E-state index contributed by atoms with van der Waals surface area (Å²) in [5.41, 5.74) is 0.0109. The van der Waals surface area contributed by atoms with E-state index < -0.39 is 4.92 Å². The molecule has 0 aliphatic carbocycles. The first-order chi connectivity index (χ1) is 8.08. The third kappa shape index (κ3) is 3.60. The van der Waals surface area contributed by atoms with Crippen LogP contribution in [0.3, 0.4) is 0 Å². The van der Waals surface area contributed by atoms with Crippen LogP contribution < -0.4 is 5.32 Å². The molecule has 17 heavy (non-hydrogen) atoms. The van der Waals surface area contributed by atoms with Crippen LogP contribution in [0.2, 0.25) is 0 Å². The normalized spacial score (nSPS) is 11.6. The third-order valence-corrected chi connectivity index (χ3v) is 2.84. The van der Waals surface area contributed by atoms with E-state index in [0.29, 0.717) is 5.82 Å². The van der Waals surface area contributed by atoms with Crippen molar-refractivity contribution in [3.05, 3.63) is 27.9 Å². The zero-order chi connectivity index (χ0) is 12.8. The van der Waals surface area contributed by atoms with E-state index in [-0.39, 0.29) is 17.3 Å². The monoisotopic (exact) mass is 252 g/mol. The van der Waals surface area contributed by atoms with Crippen LogP contribution in [0.25, 0.3) is 0 Å². The van der Waals surface area contributed by atoms with Crippen LogP contribution in [0.4, 0.5) is 11.5 Å². The highest BCUT2D eigenvalue weighted by molar-refractivity contribution is 7.98. The van der Waals surface area contributed by atoms with Gasteiger partial charge in [-0.3, -0.25) is 10.1 Å². The Labute approximate surface area is 103 Å². The predicted molar refractivity (Wildman–Crippen MR) is 67.1 cm³/mol. The van der Waals surface area contributed by atoms with Crippen molar-refractivity contribution in [3.63, 3.8) is 0 Å². The van der Waals surface area contributed by atoms with Crippen LogP contribution in [-0.2, 0) is 0 Å². The predicted octanol–water partition coefficient (Wildman–Crippen LogP) is 2.02. The Balaban J connectivity index is 2.94. The molecule has 7 heteroatoms. The molecular formula is C10H12N4O2S. The number of nitriles is 1. The van der Waals surface area contributed by atoms with Gasteiger partial charge in [0.1, 0.15) is 23.6 Å². The molecule has 0 aliphatic heterocycles. The number of rotatable bonds is 5. The van der Waals surface area contributed by atoms with Gasteiger partial charge in [0.2, 0.25) is 0 Å². The Morgan fingerprint density at radius 3 is 3.00 bits per heavy atom. The zero-order valence-corrected chi connectivity index (χ0v) is 10.3. The number of nitro groups is 1. The van der Waals surface area contributed by atoms with Gasteiger partial charge in [0.15, 0.2) is 0 Å². The Morgan fingerprint density at radius 1 is 1.76 bits per heavy atom. The van der Waals surface area contributed by atoms with E-state index in [0.717, 1.165) is 11.9 Å². The molecule has 1 N–H and O–H groups in total. The highest BCUT2D eigenvalue weighted by atomic mass is 32.2. The summed E-state index contributed by atoms with van der Waals surface area (Å²) in [5.74, 6) is 1.25. The molecule has 0 radical (unpaired) electrons. The summed E-state index contributed by atoms with van der Waals surface area (Å²) in [4.78, 5) is 13.9. The molecule has 0 fully saturated rings. The van der Waals surface area contributed by atoms with Crippen LogP contribution in [0.15, 0.2) is 12.3 Å². The van der Waals surface area contributed by atoms with Crippen LogP contribution in [0.1, 0.15) is 12.5 Å². The van der Waals surface area contributed by atoms with Gasteiger partial charge in [-0.15, -0.1) is 0 Å². The second-order valence-electron chi connectivity index (χ2n) is 3.46. The molecule has 0 spiro atoms. The number of nitrogens with zero attached hydrogens (tertiary/aromatic N) is 3. The average molecular weight is 252 g/mol. The highest BCUT2D eigenvalue weighted by Gasteiger charge is 2.13. The summed E-state index contributed by atoms with van der Waals surface area (Å²) >= 11 is 1.67. The van der Waals surface area contributed by atoms with Crippen LogP contribution in [-0.4, -0.2) is 28.0 Å². The quantitative estimate of drug-likeness (QED) is 0.636. The lowest BCUT2D eigenvalue weighted by Gasteiger charge is -2.13. The first-order valence-corrected chi connectivity index (χ1v) is 6.28. The largest absolute Gasteiger partial charge is 0.366 e. The number of aromatic nitrogens is 1. The van der Waals surface area contributed by atoms with Crippen molar-refractivity contribution >= 4 is 23.3 Å². The van der Waals surface area contributed by atoms with E-state index in [1.165, 1.54) is 6.07 Å². The highest BCUT2D eigenvalue weighted by Crippen LogP contribution is 2.19. The second kappa shape index (κ2) is 6.06. The van der Waals surface area contributed by atoms with Gasteiger partial charge in [-0.25, -0.2) is 4.98 Å². The van der Waals surface area contributed by atoms with E-state index in [9.17, 15) is 10.1 Å². The van der Waals surface area contributed by atoms with E-state index in [1.807, 2.05) is 19.2 Å². The average Bonchev–Trinajstić information content (AvgIpc) is 2.29. The molecule has 1 heterocycles. The minimum atomic E-state index is -0.567. The van der Waals surface area contributed by atoms with E-state index in [4.69, 9.17) is 5.26 Å². The topological polar surface area (TPSA) is 91.8 Å². The van der Waals surface area contributed by atoms with E-state index in [2.05, 4.69) is 10.3 Å². The molecule has 0 saturated heterocycles. The number of nitrogens with one attached hydrogen (secondary N) is 1. The van der Waals surface area contributed by atoms with Gasteiger partial charge in [-0.05, 0) is 13.2 Å². The SMILES string of the molecule is CSCC(C)Nc1ncc([N+](=O)[O-])cc1C#N. The maximum atomic E-state index is 10.5. The van der Waals surface area contributed by atoms with Crippen LogP contribution in [0, 0.1) is 21.4 Å². The summed E-state index contributed by atoms with van der Waals surface area (Å²) in [7, 11) is 0. The number of hydrogen-bond donors (Lipinski definition) is 1. The van der Waals surface area contributed by atoms with Gasteiger partial charge >= 0.3 is 0 Å². The Bertz CT molecular complexity index is 458. The number of anilines is 1. The summed E-state index contributed by atoms with van der Waals surface area (Å²) in [5, 5.41) is 22.5. The first kappa shape index (κ1) is 13.3. The third-order valence-electron chi connectivity index (χ3n) is 2.00. The lowest BCUT2D eigenvalue weighted by atomic mass is 10.2. The molecule has 1 atom stereocenters. The van der Waals surface area contributed by atoms with E-state index in [1.54, 1.807) is 11.8 Å². The molecule has 0 bridgehead atoms. The van der Waals surface area contributed by atoms with Crippen LogP contribution in [0.5, 0.6) is 0 Å². The lowest BCUT2D eigenvalue weighted by Crippen LogP contribution is -2.19.